The van der Waals surface area contributed by atoms with E-state index >= 15 is 0 Å². The zero-order chi connectivity index (χ0) is 12.3. The van der Waals surface area contributed by atoms with Gasteiger partial charge in [0.05, 0.1) is 0 Å². The smallest absolute Gasteiger partial charge is 0.223 e. The number of carbonyl (C=O) groups excluding carboxylic acids is 1. The van der Waals surface area contributed by atoms with Crippen LogP contribution in [0.15, 0.2) is 18.3 Å². The predicted octanol–water partition coefficient (Wildman–Crippen LogP) is 1.88. The van der Waals surface area contributed by atoms with Crippen molar-refractivity contribution in [3.63, 3.8) is 0 Å². The van der Waals surface area contributed by atoms with Gasteiger partial charge in [0.15, 0.2) is 0 Å². The summed E-state index contributed by atoms with van der Waals surface area (Å²) in [6.07, 6.45) is 3.62. The van der Waals surface area contributed by atoms with Crippen LogP contribution in [0.25, 0.3) is 0 Å². The Morgan fingerprint density at radius 3 is 2.88 bits per heavy atom. The molecule has 92 valence electrons. The van der Waals surface area contributed by atoms with Gasteiger partial charge in [-0.15, -0.1) is 0 Å². The molecule has 1 aliphatic heterocycles. The van der Waals surface area contributed by atoms with Crippen LogP contribution >= 0.6 is 0 Å². The lowest BCUT2D eigenvalue weighted by molar-refractivity contribution is -0.128. The summed E-state index contributed by atoms with van der Waals surface area (Å²) in [5.74, 6) is 1.66. The zero-order valence-corrected chi connectivity index (χ0v) is 10.4. The molecule has 1 aromatic heterocycles. The van der Waals surface area contributed by atoms with Gasteiger partial charge in [-0.3, -0.25) is 4.79 Å². The van der Waals surface area contributed by atoms with Crippen LogP contribution in [0.3, 0.4) is 0 Å². The monoisotopic (exact) mass is 233 g/mol. The van der Waals surface area contributed by atoms with E-state index in [0.29, 0.717) is 18.9 Å². The van der Waals surface area contributed by atoms with Gasteiger partial charge < -0.3 is 10.2 Å². The van der Waals surface area contributed by atoms with Gasteiger partial charge in [0.25, 0.3) is 0 Å². The first-order valence-corrected chi connectivity index (χ1v) is 6.13. The van der Waals surface area contributed by atoms with E-state index in [1.807, 2.05) is 30.3 Å². The summed E-state index contributed by atoms with van der Waals surface area (Å²) in [4.78, 5) is 18.0. The Bertz CT molecular complexity index is 388. The summed E-state index contributed by atoms with van der Waals surface area (Å²) in [5.41, 5.74) is 1.09. The molecule has 0 aromatic carbocycles. The summed E-state index contributed by atoms with van der Waals surface area (Å²) in [6.45, 7) is 3.72. The predicted molar refractivity (Wildman–Crippen MR) is 67.6 cm³/mol. The molecule has 1 aromatic rings. The highest BCUT2D eigenvalue weighted by atomic mass is 16.2. The third-order valence-electron chi connectivity index (χ3n) is 3.33. The SMILES string of the molecule is CCC1CC(=O)N(Cc2ccc(NC)nc2)C1. The average Bonchev–Trinajstić information content (AvgIpc) is 2.71. The van der Waals surface area contributed by atoms with Gasteiger partial charge in [0.1, 0.15) is 5.82 Å². The molecule has 4 nitrogen and oxygen atoms in total. The quantitative estimate of drug-likeness (QED) is 0.863. The molecule has 1 aliphatic rings. The summed E-state index contributed by atoms with van der Waals surface area (Å²) in [6, 6.07) is 3.96. The van der Waals surface area contributed by atoms with Crippen LogP contribution in [0.5, 0.6) is 0 Å². The van der Waals surface area contributed by atoms with Crippen molar-refractivity contribution in [3.05, 3.63) is 23.9 Å². The van der Waals surface area contributed by atoms with Gasteiger partial charge in [-0.2, -0.15) is 0 Å². The number of likely N-dealkylation sites (tertiary alicyclic amines) is 1. The Hall–Kier alpha value is -1.58. The van der Waals surface area contributed by atoms with E-state index in [2.05, 4.69) is 17.2 Å². The van der Waals surface area contributed by atoms with Gasteiger partial charge in [-0.1, -0.05) is 19.4 Å². The molecule has 1 unspecified atom stereocenters. The number of hydrogen-bond donors (Lipinski definition) is 1. The van der Waals surface area contributed by atoms with Crippen LogP contribution in [0, 0.1) is 5.92 Å². The molecular formula is C13H19N3O. The topological polar surface area (TPSA) is 45.2 Å². The van der Waals surface area contributed by atoms with Crippen molar-refractivity contribution < 1.29 is 4.79 Å². The number of nitrogens with zero attached hydrogens (tertiary/aromatic N) is 2. The largest absolute Gasteiger partial charge is 0.373 e. The van der Waals surface area contributed by atoms with Crippen molar-refractivity contribution in [3.8, 4) is 0 Å². The number of carbonyl (C=O) groups is 1. The van der Waals surface area contributed by atoms with Crippen LogP contribution in [-0.4, -0.2) is 29.4 Å². The molecule has 1 fully saturated rings. The Morgan fingerprint density at radius 2 is 2.35 bits per heavy atom. The maximum atomic E-state index is 11.8. The van der Waals surface area contributed by atoms with E-state index in [4.69, 9.17) is 0 Å². The molecule has 17 heavy (non-hydrogen) atoms. The van der Waals surface area contributed by atoms with E-state index in [1.165, 1.54) is 0 Å². The molecule has 1 atom stereocenters. The highest BCUT2D eigenvalue weighted by Crippen LogP contribution is 2.22. The van der Waals surface area contributed by atoms with Crippen molar-refractivity contribution in [1.29, 1.82) is 0 Å². The molecule has 0 saturated carbocycles. The zero-order valence-electron chi connectivity index (χ0n) is 10.4. The molecule has 4 heteroatoms. The Kier molecular flexibility index (Phi) is 3.61. The van der Waals surface area contributed by atoms with Crippen molar-refractivity contribution in [2.24, 2.45) is 5.92 Å². The van der Waals surface area contributed by atoms with Crippen molar-refractivity contribution in [2.75, 3.05) is 18.9 Å². The molecular weight excluding hydrogens is 214 g/mol. The minimum absolute atomic E-state index is 0.273. The standard InChI is InChI=1S/C13H19N3O/c1-3-10-6-13(17)16(8-10)9-11-4-5-12(14-2)15-7-11/h4-5,7,10H,3,6,8-9H2,1-2H3,(H,14,15). The first-order chi connectivity index (χ1) is 8.22. The Labute approximate surface area is 102 Å². The van der Waals surface area contributed by atoms with E-state index in [-0.39, 0.29) is 5.91 Å². The lowest BCUT2D eigenvalue weighted by atomic mass is 10.1. The molecule has 2 rings (SSSR count). The second kappa shape index (κ2) is 5.17. The number of hydrogen-bond acceptors (Lipinski definition) is 3. The van der Waals surface area contributed by atoms with E-state index in [9.17, 15) is 4.79 Å². The summed E-state index contributed by atoms with van der Waals surface area (Å²) in [7, 11) is 1.85. The molecule has 1 N–H and O–H groups in total. The maximum absolute atomic E-state index is 11.8. The minimum atomic E-state index is 0.273. The second-order valence-corrected chi connectivity index (χ2v) is 4.55. The highest BCUT2D eigenvalue weighted by Gasteiger charge is 2.27. The number of pyridine rings is 1. The number of amides is 1. The minimum Gasteiger partial charge on any atom is -0.373 e. The summed E-state index contributed by atoms with van der Waals surface area (Å²) >= 11 is 0. The summed E-state index contributed by atoms with van der Waals surface area (Å²) in [5, 5.41) is 2.98. The maximum Gasteiger partial charge on any atom is 0.223 e. The van der Waals surface area contributed by atoms with Crippen molar-refractivity contribution in [1.82, 2.24) is 9.88 Å². The molecule has 0 radical (unpaired) electrons. The molecule has 0 spiro atoms. The van der Waals surface area contributed by atoms with Crippen LogP contribution in [0.2, 0.25) is 0 Å². The van der Waals surface area contributed by atoms with E-state index in [0.717, 1.165) is 24.3 Å². The van der Waals surface area contributed by atoms with Gasteiger partial charge in [0.2, 0.25) is 5.91 Å². The van der Waals surface area contributed by atoms with Crippen molar-refractivity contribution in [2.45, 2.75) is 26.3 Å². The fourth-order valence-corrected chi connectivity index (χ4v) is 2.17. The summed E-state index contributed by atoms with van der Waals surface area (Å²) < 4.78 is 0. The number of aromatic nitrogens is 1. The third-order valence-corrected chi connectivity index (χ3v) is 3.33. The molecule has 0 bridgehead atoms. The van der Waals surface area contributed by atoms with Crippen LogP contribution < -0.4 is 5.32 Å². The van der Waals surface area contributed by atoms with Crippen LogP contribution in [0.1, 0.15) is 25.3 Å². The average molecular weight is 233 g/mol. The Morgan fingerprint density at radius 1 is 1.53 bits per heavy atom. The third kappa shape index (κ3) is 2.75. The van der Waals surface area contributed by atoms with Gasteiger partial charge in [0, 0.05) is 32.8 Å². The second-order valence-electron chi connectivity index (χ2n) is 4.55. The van der Waals surface area contributed by atoms with E-state index < -0.39 is 0 Å². The number of rotatable bonds is 4. The first-order valence-electron chi connectivity index (χ1n) is 6.13. The molecule has 0 aliphatic carbocycles. The van der Waals surface area contributed by atoms with Gasteiger partial charge in [-0.25, -0.2) is 4.98 Å². The fraction of sp³-hybridized carbons (Fsp3) is 0.538. The molecule has 1 amide bonds. The lowest BCUT2D eigenvalue weighted by Gasteiger charge is -2.16. The Balaban J connectivity index is 1.98. The van der Waals surface area contributed by atoms with Gasteiger partial charge >= 0.3 is 0 Å². The molecule has 1 saturated heterocycles. The molecule has 2 heterocycles. The number of anilines is 1. The lowest BCUT2D eigenvalue weighted by Crippen LogP contribution is -2.24. The first kappa shape index (κ1) is 11.9. The number of nitrogens with one attached hydrogen (secondary N) is 1. The van der Waals surface area contributed by atoms with Crippen LogP contribution in [-0.2, 0) is 11.3 Å². The highest BCUT2D eigenvalue weighted by molar-refractivity contribution is 5.78. The normalized spacial score (nSPS) is 19.8. The van der Waals surface area contributed by atoms with Crippen molar-refractivity contribution >= 4 is 11.7 Å². The van der Waals surface area contributed by atoms with E-state index in [1.54, 1.807) is 0 Å². The van der Waals surface area contributed by atoms with Gasteiger partial charge in [-0.05, 0) is 17.5 Å². The van der Waals surface area contributed by atoms with Crippen LogP contribution in [0.4, 0.5) is 5.82 Å². The fourth-order valence-electron chi connectivity index (χ4n) is 2.17.